The highest BCUT2D eigenvalue weighted by atomic mass is 35.5. The summed E-state index contributed by atoms with van der Waals surface area (Å²) in [7, 11) is 3.53. The molecule has 1 N–H and O–H groups in total. The smallest absolute Gasteiger partial charge is 0.123 e. The van der Waals surface area contributed by atoms with Crippen molar-refractivity contribution in [3.8, 4) is 5.75 Å². The summed E-state index contributed by atoms with van der Waals surface area (Å²) in [5.74, 6) is 0.868. The summed E-state index contributed by atoms with van der Waals surface area (Å²) < 4.78 is 11.6. The predicted molar refractivity (Wildman–Crippen MR) is 87.2 cm³/mol. The molecule has 21 heavy (non-hydrogen) atoms. The third-order valence-corrected chi connectivity index (χ3v) is 4.78. The number of halogens is 1. The number of ether oxygens (including phenoxy) is 2. The van der Waals surface area contributed by atoms with Crippen LogP contribution in [-0.4, -0.2) is 26.4 Å². The molecule has 0 spiro atoms. The lowest BCUT2D eigenvalue weighted by molar-refractivity contribution is -0.0688. The van der Waals surface area contributed by atoms with Gasteiger partial charge in [0.2, 0.25) is 0 Å². The quantitative estimate of drug-likeness (QED) is 0.847. The van der Waals surface area contributed by atoms with E-state index in [4.69, 9.17) is 21.1 Å². The van der Waals surface area contributed by atoms with E-state index >= 15 is 0 Å². The lowest BCUT2D eigenvalue weighted by atomic mass is 9.76. The van der Waals surface area contributed by atoms with E-state index in [1.54, 1.807) is 7.11 Å². The van der Waals surface area contributed by atoms with Crippen LogP contribution >= 0.6 is 11.6 Å². The van der Waals surface area contributed by atoms with Crippen molar-refractivity contribution in [1.82, 2.24) is 5.32 Å². The van der Waals surface area contributed by atoms with Crippen LogP contribution in [0, 0.1) is 0 Å². The fraction of sp³-hybridized carbons (Fsp3) is 0.647. The Labute approximate surface area is 133 Å². The molecule has 4 heteroatoms. The fourth-order valence-electron chi connectivity index (χ4n) is 3.48. The van der Waals surface area contributed by atoms with Gasteiger partial charge in [0.05, 0.1) is 18.8 Å². The highest BCUT2D eigenvalue weighted by molar-refractivity contribution is 6.30. The summed E-state index contributed by atoms with van der Waals surface area (Å²) >= 11 is 6.22. The van der Waals surface area contributed by atoms with Gasteiger partial charge >= 0.3 is 0 Å². The monoisotopic (exact) mass is 311 g/mol. The first-order chi connectivity index (χ1) is 10.2. The summed E-state index contributed by atoms with van der Waals surface area (Å²) in [4.78, 5) is 0. The highest BCUT2D eigenvalue weighted by Crippen LogP contribution is 2.44. The van der Waals surface area contributed by atoms with E-state index in [0.29, 0.717) is 0 Å². The normalized spacial score (nSPS) is 19.2. The molecule has 3 nitrogen and oxygen atoms in total. The van der Waals surface area contributed by atoms with Crippen molar-refractivity contribution in [2.24, 2.45) is 0 Å². The number of methoxy groups -OCH3 is 2. The van der Waals surface area contributed by atoms with Crippen LogP contribution in [0.2, 0.25) is 5.02 Å². The van der Waals surface area contributed by atoms with Gasteiger partial charge in [0.15, 0.2) is 0 Å². The Morgan fingerprint density at radius 1 is 1.24 bits per heavy atom. The molecular weight excluding hydrogens is 286 g/mol. The molecular formula is C17H26ClNO2. The zero-order valence-corrected chi connectivity index (χ0v) is 14.0. The zero-order chi connectivity index (χ0) is 15.3. The second-order valence-corrected chi connectivity index (χ2v) is 6.14. The van der Waals surface area contributed by atoms with E-state index in [-0.39, 0.29) is 11.6 Å². The number of hydrogen-bond donors (Lipinski definition) is 1. The van der Waals surface area contributed by atoms with Gasteiger partial charge in [0.1, 0.15) is 5.75 Å². The third-order valence-electron chi connectivity index (χ3n) is 4.54. The number of likely N-dealkylation sites (N-methyl/N-ethyl adjacent to an activating group) is 1. The first-order valence-electron chi connectivity index (χ1n) is 7.79. The largest absolute Gasteiger partial charge is 0.496 e. The third kappa shape index (κ3) is 3.53. The molecule has 1 unspecified atom stereocenters. The molecule has 0 radical (unpaired) electrons. The Morgan fingerprint density at radius 2 is 1.95 bits per heavy atom. The molecule has 1 aliphatic carbocycles. The molecule has 0 aromatic heterocycles. The topological polar surface area (TPSA) is 30.5 Å². The van der Waals surface area contributed by atoms with Crippen LogP contribution in [0.25, 0.3) is 0 Å². The molecule has 0 aliphatic heterocycles. The predicted octanol–water partition coefficient (Wildman–Crippen LogP) is 4.35. The number of hydrogen-bond acceptors (Lipinski definition) is 3. The van der Waals surface area contributed by atoms with E-state index in [0.717, 1.165) is 35.7 Å². The summed E-state index contributed by atoms with van der Waals surface area (Å²) in [5.41, 5.74) is 0.919. The molecule has 1 aromatic carbocycles. The molecule has 118 valence electrons. The summed E-state index contributed by atoms with van der Waals surface area (Å²) in [6.07, 6.45) is 5.83. The Bertz CT molecular complexity index is 458. The minimum Gasteiger partial charge on any atom is -0.496 e. The van der Waals surface area contributed by atoms with Crippen molar-refractivity contribution < 1.29 is 9.47 Å². The highest BCUT2D eigenvalue weighted by Gasteiger charge is 2.41. The molecule has 1 fully saturated rings. The molecule has 0 heterocycles. The average molecular weight is 312 g/mol. The molecule has 1 aliphatic rings. The maximum atomic E-state index is 6.22. The number of rotatable bonds is 6. The van der Waals surface area contributed by atoms with E-state index in [2.05, 4.69) is 12.2 Å². The van der Waals surface area contributed by atoms with Crippen molar-refractivity contribution in [1.29, 1.82) is 0 Å². The van der Waals surface area contributed by atoms with Crippen molar-refractivity contribution in [3.63, 3.8) is 0 Å². The van der Waals surface area contributed by atoms with Crippen molar-refractivity contribution in [2.45, 2.75) is 50.7 Å². The molecule has 1 aromatic rings. The second kappa shape index (κ2) is 7.48. The Kier molecular flexibility index (Phi) is 5.91. The molecule has 0 saturated heterocycles. The zero-order valence-electron chi connectivity index (χ0n) is 13.2. The minimum atomic E-state index is -0.174. The maximum absolute atomic E-state index is 6.22. The summed E-state index contributed by atoms with van der Waals surface area (Å²) in [6.45, 7) is 3.00. The Morgan fingerprint density at radius 3 is 2.52 bits per heavy atom. The van der Waals surface area contributed by atoms with E-state index in [1.165, 1.54) is 19.3 Å². The fourth-order valence-corrected chi connectivity index (χ4v) is 3.66. The molecule has 0 amide bonds. The van der Waals surface area contributed by atoms with E-state index < -0.39 is 0 Å². The lowest BCUT2D eigenvalue weighted by Crippen LogP contribution is -2.47. The minimum absolute atomic E-state index is 0.0986. The van der Waals surface area contributed by atoms with Crippen LogP contribution in [0.3, 0.4) is 0 Å². The molecule has 1 atom stereocenters. The number of benzene rings is 1. The van der Waals surface area contributed by atoms with Gasteiger partial charge in [-0.05, 0) is 37.6 Å². The van der Waals surface area contributed by atoms with Crippen LogP contribution in [0.1, 0.15) is 50.6 Å². The Hall–Kier alpha value is -0.770. The standard InChI is InChI=1S/C17H26ClNO2/c1-4-19-16(17(21-3)10-6-5-7-11-17)14-12-13(18)8-9-15(14)20-2/h8-9,12,16,19H,4-7,10-11H2,1-3H3. The van der Waals surface area contributed by atoms with Crippen molar-refractivity contribution in [3.05, 3.63) is 28.8 Å². The van der Waals surface area contributed by atoms with Gasteiger partial charge in [-0.15, -0.1) is 0 Å². The SMILES string of the molecule is CCNC(c1cc(Cl)ccc1OC)C1(OC)CCCCC1. The van der Waals surface area contributed by atoms with Crippen LogP contribution in [-0.2, 0) is 4.74 Å². The molecule has 2 rings (SSSR count). The van der Waals surface area contributed by atoms with E-state index in [1.807, 2.05) is 25.3 Å². The van der Waals surface area contributed by atoms with Crippen molar-refractivity contribution >= 4 is 11.6 Å². The second-order valence-electron chi connectivity index (χ2n) is 5.71. The Balaban J connectivity index is 2.44. The summed E-state index contributed by atoms with van der Waals surface area (Å²) in [6, 6.07) is 5.91. The van der Waals surface area contributed by atoms with Gasteiger partial charge < -0.3 is 14.8 Å². The van der Waals surface area contributed by atoms with Crippen LogP contribution in [0.15, 0.2) is 18.2 Å². The van der Waals surface area contributed by atoms with Gasteiger partial charge in [-0.3, -0.25) is 0 Å². The van der Waals surface area contributed by atoms with E-state index in [9.17, 15) is 0 Å². The summed E-state index contributed by atoms with van der Waals surface area (Å²) in [5, 5.41) is 4.33. The van der Waals surface area contributed by atoms with Gasteiger partial charge in [-0.1, -0.05) is 37.8 Å². The maximum Gasteiger partial charge on any atom is 0.123 e. The van der Waals surface area contributed by atoms with Crippen LogP contribution in [0.5, 0.6) is 5.75 Å². The average Bonchev–Trinajstić information content (AvgIpc) is 2.53. The van der Waals surface area contributed by atoms with Gasteiger partial charge in [-0.2, -0.15) is 0 Å². The molecule has 0 bridgehead atoms. The van der Waals surface area contributed by atoms with Gasteiger partial charge in [0.25, 0.3) is 0 Å². The first-order valence-corrected chi connectivity index (χ1v) is 8.16. The lowest BCUT2D eigenvalue weighted by Gasteiger charge is -2.43. The van der Waals surface area contributed by atoms with Crippen LogP contribution < -0.4 is 10.1 Å². The molecule has 1 saturated carbocycles. The first kappa shape index (κ1) is 16.6. The van der Waals surface area contributed by atoms with Gasteiger partial charge in [-0.25, -0.2) is 0 Å². The van der Waals surface area contributed by atoms with Crippen LogP contribution in [0.4, 0.5) is 0 Å². The van der Waals surface area contributed by atoms with Crippen molar-refractivity contribution in [2.75, 3.05) is 20.8 Å². The number of nitrogens with one attached hydrogen (secondary N) is 1. The van der Waals surface area contributed by atoms with Gasteiger partial charge in [0, 0.05) is 17.7 Å².